The molecule has 3 rings (SSSR count). The molecule has 2 saturated heterocycles. The Balaban J connectivity index is 1.53. The molecule has 0 spiro atoms. The van der Waals surface area contributed by atoms with E-state index in [1.807, 2.05) is 4.90 Å². The minimum atomic E-state index is -4.39. The van der Waals surface area contributed by atoms with Crippen molar-refractivity contribution in [3.05, 3.63) is 23.9 Å². The number of anilines is 1. The predicted molar refractivity (Wildman–Crippen MR) is 88.4 cm³/mol. The highest BCUT2D eigenvalue weighted by atomic mass is 19.4. The third-order valence-electron chi connectivity index (χ3n) is 4.89. The maximum absolute atomic E-state index is 12.6. The fraction of sp³-hybridized carbons (Fsp3) is 0.588. The van der Waals surface area contributed by atoms with Crippen LogP contribution in [0.2, 0.25) is 0 Å². The van der Waals surface area contributed by atoms with Crippen molar-refractivity contribution in [2.24, 2.45) is 0 Å². The van der Waals surface area contributed by atoms with Crippen LogP contribution in [0.5, 0.6) is 0 Å². The number of nitrogens with one attached hydrogen (secondary N) is 1. The summed E-state index contributed by atoms with van der Waals surface area (Å²) in [5.74, 6) is 0.187. The van der Waals surface area contributed by atoms with Crippen LogP contribution in [-0.2, 0) is 15.8 Å². The first-order valence-corrected chi connectivity index (χ1v) is 8.68. The maximum Gasteiger partial charge on any atom is 0.417 e. The molecule has 0 saturated carbocycles. The van der Waals surface area contributed by atoms with Crippen molar-refractivity contribution >= 4 is 17.6 Å². The van der Waals surface area contributed by atoms with E-state index in [4.69, 9.17) is 0 Å². The number of rotatable bonds is 4. The number of carbonyl (C=O) groups excluding carboxylic acids is 2. The van der Waals surface area contributed by atoms with Crippen LogP contribution in [-0.4, -0.2) is 53.4 Å². The molecule has 1 aromatic heterocycles. The van der Waals surface area contributed by atoms with Gasteiger partial charge in [-0.1, -0.05) is 0 Å². The minimum Gasteiger partial charge on any atom is -0.357 e. The van der Waals surface area contributed by atoms with E-state index in [0.717, 1.165) is 25.1 Å². The Kier molecular flexibility index (Phi) is 5.17. The first-order valence-electron chi connectivity index (χ1n) is 8.68. The normalized spacial score (nSPS) is 22.4. The van der Waals surface area contributed by atoms with E-state index in [2.05, 4.69) is 10.3 Å². The van der Waals surface area contributed by atoms with Crippen molar-refractivity contribution in [1.82, 2.24) is 15.2 Å². The van der Waals surface area contributed by atoms with Gasteiger partial charge in [0.1, 0.15) is 5.82 Å². The van der Waals surface area contributed by atoms with E-state index in [1.165, 1.54) is 11.0 Å². The summed E-state index contributed by atoms with van der Waals surface area (Å²) in [5.41, 5.74) is -0.761. The Morgan fingerprint density at radius 2 is 1.92 bits per heavy atom. The van der Waals surface area contributed by atoms with Gasteiger partial charge in [-0.25, -0.2) is 4.98 Å². The van der Waals surface area contributed by atoms with Crippen LogP contribution in [0.3, 0.4) is 0 Å². The van der Waals surface area contributed by atoms with Crippen LogP contribution in [0.1, 0.15) is 31.7 Å². The molecule has 26 heavy (non-hydrogen) atoms. The monoisotopic (exact) mass is 370 g/mol. The number of alkyl halides is 3. The van der Waals surface area contributed by atoms with E-state index in [-0.39, 0.29) is 24.3 Å². The highest BCUT2D eigenvalue weighted by Crippen LogP contribution is 2.30. The van der Waals surface area contributed by atoms with Gasteiger partial charge in [-0.2, -0.15) is 13.2 Å². The Hall–Kier alpha value is -2.16. The summed E-state index contributed by atoms with van der Waals surface area (Å²) in [5, 5.41) is 3.26. The lowest BCUT2D eigenvalue weighted by Crippen LogP contribution is -2.49. The van der Waals surface area contributed by atoms with Gasteiger partial charge < -0.3 is 10.2 Å². The molecule has 2 amide bonds. The smallest absolute Gasteiger partial charge is 0.357 e. The summed E-state index contributed by atoms with van der Waals surface area (Å²) in [6.07, 6.45) is -1.89. The first-order chi connectivity index (χ1) is 12.3. The topological polar surface area (TPSA) is 65.5 Å². The zero-order valence-corrected chi connectivity index (χ0v) is 14.4. The van der Waals surface area contributed by atoms with Gasteiger partial charge in [-0.15, -0.1) is 0 Å². The number of hydrogen-bond donors (Lipinski definition) is 1. The second-order valence-corrected chi connectivity index (χ2v) is 6.56. The van der Waals surface area contributed by atoms with Crippen LogP contribution in [0.4, 0.5) is 19.0 Å². The second kappa shape index (κ2) is 7.22. The van der Waals surface area contributed by atoms with Crippen molar-refractivity contribution < 1.29 is 22.8 Å². The van der Waals surface area contributed by atoms with Crippen LogP contribution in [0, 0.1) is 0 Å². The third kappa shape index (κ3) is 3.82. The van der Waals surface area contributed by atoms with Crippen LogP contribution < -0.4 is 10.2 Å². The SMILES string of the molecule is CCN1C(=O)C[C@@H](NC2CCN(c3ccc(C(F)(F)F)cn3)CC2)C1=O. The van der Waals surface area contributed by atoms with E-state index >= 15 is 0 Å². The molecule has 6 nitrogen and oxygen atoms in total. The molecular formula is C17H21F3N4O2. The van der Waals surface area contributed by atoms with E-state index in [1.54, 1.807) is 6.92 Å². The molecule has 2 aliphatic heterocycles. The van der Waals surface area contributed by atoms with Gasteiger partial charge in [-0.3, -0.25) is 14.5 Å². The first kappa shape index (κ1) is 18.6. The molecule has 142 valence electrons. The molecule has 9 heteroatoms. The van der Waals surface area contributed by atoms with Crippen LogP contribution in [0.15, 0.2) is 18.3 Å². The number of aromatic nitrogens is 1. The van der Waals surface area contributed by atoms with Gasteiger partial charge in [0.15, 0.2) is 0 Å². The Morgan fingerprint density at radius 3 is 2.42 bits per heavy atom. The molecule has 1 N–H and O–H groups in total. The van der Waals surface area contributed by atoms with Gasteiger partial charge in [-0.05, 0) is 31.9 Å². The quantitative estimate of drug-likeness (QED) is 0.819. The zero-order chi connectivity index (χ0) is 18.9. The average molecular weight is 370 g/mol. The molecule has 2 fully saturated rings. The highest BCUT2D eigenvalue weighted by Gasteiger charge is 2.39. The lowest BCUT2D eigenvalue weighted by atomic mass is 10.0. The van der Waals surface area contributed by atoms with Crippen molar-refractivity contribution in [3.8, 4) is 0 Å². The van der Waals surface area contributed by atoms with Gasteiger partial charge in [0.2, 0.25) is 11.8 Å². The number of imide groups is 1. The number of nitrogens with zero attached hydrogens (tertiary/aromatic N) is 3. The lowest BCUT2D eigenvalue weighted by molar-refractivity contribution is -0.139. The number of carbonyl (C=O) groups is 2. The van der Waals surface area contributed by atoms with Crippen molar-refractivity contribution in [2.45, 2.75) is 44.4 Å². The second-order valence-electron chi connectivity index (χ2n) is 6.56. The fourth-order valence-corrected chi connectivity index (χ4v) is 3.45. The molecule has 0 bridgehead atoms. The standard InChI is InChI=1S/C17H21F3N4O2/c1-2-24-15(25)9-13(16(24)26)22-12-5-7-23(8-6-12)14-4-3-11(10-21-14)17(18,19)20/h3-4,10,12-13,22H,2,5-9H2,1H3/t13-/m1/s1. The molecule has 0 aliphatic carbocycles. The molecule has 1 aromatic rings. The lowest BCUT2D eigenvalue weighted by Gasteiger charge is -2.34. The number of likely N-dealkylation sites (N-methyl/N-ethyl adjacent to an activating group) is 1. The van der Waals surface area contributed by atoms with E-state index < -0.39 is 17.8 Å². The number of hydrogen-bond acceptors (Lipinski definition) is 5. The van der Waals surface area contributed by atoms with Gasteiger partial charge >= 0.3 is 6.18 Å². The number of piperidine rings is 1. The van der Waals surface area contributed by atoms with Crippen molar-refractivity contribution in [2.75, 3.05) is 24.5 Å². The van der Waals surface area contributed by atoms with Crippen LogP contribution in [0.25, 0.3) is 0 Å². The molecule has 0 radical (unpaired) electrons. The van der Waals surface area contributed by atoms with Crippen molar-refractivity contribution in [3.63, 3.8) is 0 Å². The Bertz CT molecular complexity index is 670. The number of likely N-dealkylation sites (tertiary alicyclic amines) is 1. The third-order valence-corrected chi connectivity index (χ3v) is 4.89. The summed E-state index contributed by atoms with van der Waals surface area (Å²) >= 11 is 0. The highest BCUT2D eigenvalue weighted by molar-refractivity contribution is 6.05. The summed E-state index contributed by atoms with van der Waals surface area (Å²) in [6.45, 7) is 3.41. The largest absolute Gasteiger partial charge is 0.417 e. The molecule has 0 unspecified atom stereocenters. The maximum atomic E-state index is 12.6. The van der Waals surface area contributed by atoms with Crippen molar-refractivity contribution in [1.29, 1.82) is 0 Å². The number of pyridine rings is 1. The predicted octanol–water partition coefficient (Wildman–Crippen LogP) is 1.81. The molecule has 0 aromatic carbocycles. The summed E-state index contributed by atoms with van der Waals surface area (Å²) < 4.78 is 37.8. The van der Waals surface area contributed by atoms with Gasteiger partial charge in [0.25, 0.3) is 0 Å². The minimum absolute atomic E-state index is 0.0965. The van der Waals surface area contributed by atoms with E-state index in [9.17, 15) is 22.8 Å². The zero-order valence-electron chi connectivity index (χ0n) is 14.4. The summed E-state index contributed by atoms with van der Waals surface area (Å²) in [4.78, 5) is 31.0. The molecule has 3 heterocycles. The van der Waals surface area contributed by atoms with Gasteiger partial charge in [0.05, 0.1) is 18.0 Å². The summed E-state index contributed by atoms with van der Waals surface area (Å²) in [7, 11) is 0. The molecule has 2 aliphatic rings. The van der Waals surface area contributed by atoms with Crippen LogP contribution >= 0.6 is 0 Å². The Morgan fingerprint density at radius 1 is 1.23 bits per heavy atom. The number of halogens is 3. The van der Waals surface area contributed by atoms with E-state index in [0.29, 0.717) is 25.5 Å². The fourth-order valence-electron chi connectivity index (χ4n) is 3.45. The van der Waals surface area contributed by atoms with Gasteiger partial charge in [0, 0.05) is 31.9 Å². The molecule has 1 atom stereocenters. The molecular weight excluding hydrogens is 349 g/mol. The Labute approximate surface area is 149 Å². The average Bonchev–Trinajstić information content (AvgIpc) is 2.88. The summed E-state index contributed by atoms with van der Waals surface area (Å²) in [6, 6.07) is 2.05. The number of amides is 2.